The summed E-state index contributed by atoms with van der Waals surface area (Å²) < 4.78 is 186. The lowest BCUT2D eigenvalue weighted by Crippen LogP contribution is -2.08. The Morgan fingerprint density at radius 1 is 0.392 bits per heavy atom. The first kappa shape index (κ1) is 33.3. The predicted molar refractivity (Wildman–Crippen MR) is 155 cm³/mol. The molecule has 3 heterocycles. The van der Waals surface area contributed by atoms with E-state index in [0.29, 0.717) is 18.2 Å². The minimum absolute atomic E-state index is 0.378. The Balaban J connectivity index is 1.55. The third kappa shape index (κ3) is 5.07. The number of hydrogen-bond acceptors (Lipinski definition) is 4. The minimum atomic E-state index is -2.16. The molecule has 2 aromatic heterocycles. The first-order valence-electron chi connectivity index (χ1n) is 14.1. The SMILES string of the molecule is Fc1c(F)c(-c2cc(-c3c(F)c(F)c(-c4cn[nH]c4)c(F)c3F)cc(-c3c(F)c(F)c(-c4cn[nH]c4)c(F)c3F)c2)c(F)c(F)c1C1=CN=NC1. The van der Waals surface area contributed by atoms with E-state index in [1.807, 2.05) is 0 Å². The molecule has 7 rings (SSSR count). The third-order valence-electron chi connectivity index (χ3n) is 8.02. The van der Waals surface area contributed by atoms with Crippen LogP contribution in [0, 0.1) is 69.8 Å². The van der Waals surface area contributed by atoms with Crippen molar-refractivity contribution in [2.24, 2.45) is 10.2 Å². The van der Waals surface area contributed by atoms with Crippen molar-refractivity contribution in [1.82, 2.24) is 20.4 Å². The van der Waals surface area contributed by atoms with Gasteiger partial charge in [-0.2, -0.15) is 20.4 Å². The molecule has 0 bridgehead atoms. The van der Waals surface area contributed by atoms with Gasteiger partial charge in [-0.15, -0.1) is 0 Å². The van der Waals surface area contributed by atoms with Gasteiger partial charge >= 0.3 is 0 Å². The van der Waals surface area contributed by atoms with E-state index in [1.54, 1.807) is 0 Å². The second kappa shape index (κ2) is 12.3. The van der Waals surface area contributed by atoms with E-state index in [4.69, 9.17) is 0 Å². The van der Waals surface area contributed by atoms with Crippen LogP contribution in [0.15, 0.2) is 59.4 Å². The molecule has 0 spiro atoms. The largest absolute Gasteiger partial charge is 0.285 e. The molecule has 1 aliphatic rings. The van der Waals surface area contributed by atoms with Crippen molar-refractivity contribution >= 4 is 5.57 Å². The van der Waals surface area contributed by atoms with Crippen molar-refractivity contribution in [2.45, 2.75) is 0 Å². The van der Waals surface area contributed by atoms with Crippen LogP contribution in [0.2, 0.25) is 0 Å². The summed E-state index contributed by atoms with van der Waals surface area (Å²) in [4.78, 5) is 0. The number of nitrogens with one attached hydrogen (secondary N) is 2. The molecule has 0 atom stereocenters. The first-order valence-corrected chi connectivity index (χ1v) is 14.1. The molecule has 258 valence electrons. The van der Waals surface area contributed by atoms with Gasteiger partial charge in [0, 0.05) is 29.1 Å². The Morgan fingerprint density at radius 3 is 0.941 bits per heavy atom. The number of benzene rings is 4. The zero-order chi connectivity index (χ0) is 36.5. The van der Waals surface area contributed by atoms with E-state index in [0.717, 1.165) is 31.0 Å². The zero-order valence-electron chi connectivity index (χ0n) is 24.7. The molecular formula is C33H12F12N6. The third-order valence-corrected chi connectivity index (χ3v) is 8.02. The molecule has 0 aliphatic carbocycles. The summed E-state index contributed by atoms with van der Waals surface area (Å²) in [6.45, 7) is -0.485. The number of aromatic nitrogens is 4. The van der Waals surface area contributed by atoms with Crippen LogP contribution in [0.5, 0.6) is 0 Å². The maximum absolute atomic E-state index is 15.7. The number of halogens is 12. The monoisotopic (exact) mass is 720 g/mol. The van der Waals surface area contributed by atoms with Gasteiger partial charge in [-0.1, -0.05) is 0 Å². The van der Waals surface area contributed by atoms with E-state index < -0.39 is 143 Å². The number of azo groups is 1. The quantitative estimate of drug-likeness (QED) is 0.133. The van der Waals surface area contributed by atoms with Crippen molar-refractivity contribution in [2.75, 3.05) is 6.54 Å². The average molecular weight is 720 g/mol. The van der Waals surface area contributed by atoms with Gasteiger partial charge in [0.15, 0.2) is 69.8 Å². The van der Waals surface area contributed by atoms with Gasteiger partial charge in [0.25, 0.3) is 0 Å². The smallest absolute Gasteiger partial charge is 0.170 e. The lowest BCUT2D eigenvalue weighted by atomic mass is 9.89. The van der Waals surface area contributed by atoms with Crippen LogP contribution < -0.4 is 0 Å². The molecular weight excluding hydrogens is 708 g/mol. The van der Waals surface area contributed by atoms with Crippen LogP contribution in [-0.2, 0) is 0 Å². The molecule has 0 fully saturated rings. The fourth-order valence-electron chi connectivity index (χ4n) is 5.69. The highest BCUT2D eigenvalue weighted by atomic mass is 19.2. The molecule has 1 aliphatic heterocycles. The van der Waals surface area contributed by atoms with E-state index in [1.165, 1.54) is 0 Å². The lowest BCUT2D eigenvalue weighted by molar-refractivity contribution is 0.454. The molecule has 6 nitrogen and oxygen atoms in total. The fourth-order valence-corrected chi connectivity index (χ4v) is 5.69. The van der Waals surface area contributed by atoms with Gasteiger partial charge in [-0.25, -0.2) is 52.7 Å². The Labute approximate surface area is 275 Å². The van der Waals surface area contributed by atoms with E-state index in [9.17, 15) is 0 Å². The van der Waals surface area contributed by atoms with Crippen molar-refractivity contribution < 1.29 is 52.7 Å². The van der Waals surface area contributed by atoms with Crippen molar-refractivity contribution in [1.29, 1.82) is 0 Å². The highest BCUT2D eigenvalue weighted by Gasteiger charge is 2.33. The second-order valence-corrected chi connectivity index (χ2v) is 10.9. The lowest BCUT2D eigenvalue weighted by Gasteiger charge is -2.18. The van der Waals surface area contributed by atoms with Crippen LogP contribution in [0.4, 0.5) is 52.7 Å². The molecule has 18 heteroatoms. The van der Waals surface area contributed by atoms with Crippen molar-refractivity contribution in [3.63, 3.8) is 0 Å². The second-order valence-electron chi connectivity index (χ2n) is 10.9. The van der Waals surface area contributed by atoms with Gasteiger partial charge in [-0.05, 0) is 34.9 Å². The summed E-state index contributed by atoms with van der Waals surface area (Å²) in [5.41, 5.74) is -13.4. The van der Waals surface area contributed by atoms with Gasteiger partial charge < -0.3 is 0 Å². The molecule has 2 N–H and O–H groups in total. The summed E-state index contributed by atoms with van der Waals surface area (Å²) in [6, 6.07) is 1.13. The Hall–Kier alpha value is -6.20. The maximum atomic E-state index is 15.7. The standard InChI is InChI=1S/C33H12F12N6/c34-22-16(23(35)29(41)19(28(22)40)13-4-46-47-5-13)10-1-11(17-24(36)30(42)20(31(43)25(17)37)14-6-48-49-7-14)3-12(2-10)18-26(38)32(44)21(33(45)27(18)39)15-8-50-51-9-15/h1-8H,9H2,(H,46,47)(H,48,49). The van der Waals surface area contributed by atoms with Crippen molar-refractivity contribution in [3.8, 4) is 55.6 Å². The van der Waals surface area contributed by atoms with Gasteiger partial charge in [0.2, 0.25) is 0 Å². The molecule has 0 radical (unpaired) electrons. The predicted octanol–water partition coefficient (Wildman–Crippen LogP) is 9.94. The van der Waals surface area contributed by atoms with E-state index >= 15 is 52.7 Å². The normalized spacial score (nSPS) is 12.7. The number of rotatable bonds is 6. The van der Waals surface area contributed by atoms with Crippen LogP contribution >= 0.6 is 0 Å². The van der Waals surface area contributed by atoms with Crippen LogP contribution in [0.3, 0.4) is 0 Å². The van der Waals surface area contributed by atoms with Crippen LogP contribution in [-0.4, -0.2) is 26.9 Å². The zero-order valence-corrected chi connectivity index (χ0v) is 24.7. The number of H-pyrrole nitrogens is 2. The van der Waals surface area contributed by atoms with Gasteiger partial charge in [0.1, 0.15) is 0 Å². The molecule has 0 saturated heterocycles. The Kier molecular flexibility index (Phi) is 8.03. The fraction of sp³-hybridized carbons (Fsp3) is 0.0303. The summed E-state index contributed by atoms with van der Waals surface area (Å²) >= 11 is 0. The number of nitrogens with zero attached hydrogens (tertiary/aromatic N) is 4. The molecule has 51 heavy (non-hydrogen) atoms. The molecule has 0 unspecified atom stereocenters. The van der Waals surface area contributed by atoms with Crippen LogP contribution in [0.25, 0.3) is 61.2 Å². The molecule has 4 aromatic carbocycles. The van der Waals surface area contributed by atoms with E-state index in [2.05, 4.69) is 30.6 Å². The number of aromatic amines is 2. The Bertz CT molecular complexity index is 2270. The summed E-state index contributed by atoms with van der Waals surface area (Å²) in [6.07, 6.45) is 4.18. The summed E-state index contributed by atoms with van der Waals surface area (Å²) in [7, 11) is 0. The van der Waals surface area contributed by atoms with Crippen LogP contribution in [0.1, 0.15) is 5.56 Å². The maximum Gasteiger partial charge on any atom is 0.170 e. The van der Waals surface area contributed by atoms with E-state index in [-0.39, 0.29) is 0 Å². The molecule has 6 aromatic rings. The highest BCUT2D eigenvalue weighted by Crippen LogP contribution is 2.44. The van der Waals surface area contributed by atoms with Gasteiger partial charge in [0.05, 0.1) is 58.5 Å². The van der Waals surface area contributed by atoms with Gasteiger partial charge in [-0.3, -0.25) is 10.2 Å². The minimum Gasteiger partial charge on any atom is -0.285 e. The first-order chi connectivity index (χ1) is 24.3. The molecule has 0 saturated carbocycles. The topological polar surface area (TPSA) is 82.1 Å². The highest BCUT2D eigenvalue weighted by molar-refractivity contribution is 5.85. The number of hydrogen-bond donors (Lipinski definition) is 2. The molecule has 0 amide bonds. The average Bonchev–Trinajstić information content (AvgIpc) is 3.92. The van der Waals surface area contributed by atoms with Crippen molar-refractivity contribution in [3.05, 3.63) is 125 Å². The summed E-state index contributed by atoms with van der Waals surface area (Å²) in [5.74, 6) is -25.1. The summed E-state index contributed by atoms with van der Waals surface area (Å²) in [5, 5.41) is 18.0. The Morgan fingerprint density at radius 2 is 0.686 bits per heavy atom.